The van der Waals surface area contributed by atoms with E-state index in [-0.39, 0.29) is 11.8 Å². The van der Waals surface area contributed by atoms with Gasteiger partial charge in [-0.25, -0.2) is 4.79 Å². The van der Waals surface area contributed by atoms with Gasteiger partial charge in [-0.1, -0.05) is 0 Å². The Hall–Kier alpha value is -1.65. The summed E-state index contributed by atoms with van der Waals surface area (Å²) in [4.78, 5) is 10.7. The van der Waals surface area contributed by atoms with Crippen molar-refractivity contribution in [1.29, 1.82) is 0 Å². The van der Waals surface area contributed by atoms with Gasteiger partial charge in [0.15, 0.2) is 0 Å². The first kappa shape index (κ1) is 7.46. The van der Waals surface area contributed by atoms with Gasteiger partial charge in [0.05, 0.1) is 7.11 Å². The third-order valence-corrected chi connectivity index (χ3v) is 1.20. The van der Waals surface area contributed by atoms with Crippen LogP contribution in [0.15, 0.2) is 12.1 Å². The van der Waals surface area contributed by atoms with Crippen LogP contribution in [-0.4, -0.2) is 28.0 Å². The van der Waals surface area contributed by atoms with E-state index in [2.05, 4.69) is 4.74 Å². The van der Waals surface area contributed by atoms with Crippen LogP contribution >= 0.6 is 0 Å². The summed E-state index contributed by atoms with van der Waals surface area (Å²) in [5.74, 6) is -0.705. The van der Waals surface area contributed by atoms with Crippen molar-refractivity contribution in [2.24, 2.45) is 0 Å². The van der Waals surface area contributed by atoms with Crippen molar-refractivity contribution in [2.75, 3.05) is 7.11 Å². The molecule has 0 saturated heterocycles. The van der Waals surface area contributed by atoms with Gasteiger partial charge < -0.3 is 14.9 Å². The molecule has 0 amide bonds. The highest BCUT2D eigenvalue weighted by Crippen LogP contribution is 2.20. The van der Waals surface area contributed by atoms with Gasteiger partial charge in [-0.15, -0.1) is 0 Å². The molecule has 5 heteroatoms. The number of aromatic hydroxyl groups is 2. The minimum Gasteiger partial charge on any atom is -0.494 e. The fourth-order valence-corrected chi connectivity index (χ4v) is 0.694. The second kappa shape index (κ2) is 2.53. The number of ether oxygens (including phenoxy) is 1. The lowest BCUT2D eigenvalue weighted by Crippen LogP contribution is -2.09. The summed E-state index contributed by atoms with van der Waals surface area (Å²) in [6.07, 6.45) is -0.829. The molecule has 0 fully saturated rings. The van der Waals surface area contributed by atoms with Gasteiger partial charge in [0.1, 0.15) is 0 Å². The second-order valence-electron chi connectivity index (χ2n) is 1.86. The quantitative estimate of drug-likeness (QED) is 0.575. The Balaban J connectivity index is 3.10. The lowest BCUT2D eigenvalue weighted by atomic mass is 10.6. The number of rotatable bonds is 0. The molecular weight excluding hydrogens is 150 g/mol. The number of carbonyl (C=O) groups is 1. The van der Waals surface area contributed by atoms with Crippen LogP contribution in [0.5, 0.6) is 11.8 Å². The zero-order valence-corrected chi connectivity index (χ0v) is 5.81. The number of aromatic nitrogens is 1. The molecule has 11 heavy (non-hydrogen) atoms. The fourth-order valence-electron chi connectivity index (χ4n) is 0.694. The average molecular weight is 157 g/mol. The Bertz CT molecular complexity index is 259. The molecule has 60 valence electrons. The highest BCUT2D eigenvalue weighted by molar-refractivity contribution is 5.74. The summed E-state index contributed by atoms with van der Waals surface area (Å²) >= 11 is 0. The molecule has 0 aliphatic carbocycles. The predicted molar refractivity (Wildman–Crippen MR) is 35.6 cm³/mol. The number of hydrogen-bond donors (Lipinski definition) is 2. The maximum absolute atomic E-state index is 10.7. The summed E-state index contributed by atoms with van der Waals surface area (Å²) in [5.41, 5.74) is 0. The summed E-state index contributed by atoms with van der Waals surface area (Å²) in [7, 11) is 1.15. The summed E-state index contributed by atoms with van der Waals surface area (Å²) < 4.78 is 4.90. The molecule has 0 atom stereocenters. The van der Waals surface area contributed by atoms with Gasteiger partial charge in [-0.3, -0.25) is 0 Å². The van der Waals surface area contributed by atoms with Crippen molar-refractivity contribution < 1.29 is 19.7 Å². The molecule has 0 spiro atoms. The van der Waals surface area contributed by atoms with Crippen molar-refractivity contribution in [3.8, 4) is 11.8 Å². The van der Waals surface area contributed by atoms with Crippen molar-refractivity contribution in [1.82, 2.24) is 4.57 Å². The number of carbonyl (C=O) groups excluding carboxylic acids is 1. The Morgan fingerprint density at radius 3 is 2.27 bits per heavy atom. The lowest BCUT2D eigenvalue weighted by molar-refractivity contribution is 0.167. The Labute approximate surface area is 62.4 Å². The first-order valence-electron chi connectivity index (χ1n) is 2.85. The Morgan fingerprint density at radius 2 is 1.91 bits per heavy atom. The van der Waals surface area contributed by atoms with E-state index in [0.29, 0.717) is 4.57 Å². The maximum Gasteiger partial charge on any atom is 0.423 e. The highest BCUT2D eigenvalue weighted by atomic mass is 16.5. The minimum atomic E-state index is -0.829. The molecule has 5 nitrogen and oxygen atoms in total. The van der Waals surface area contributed by atoms with Crippen molar-refractivity contribution in [3.05, 3.63) is 12.1 Å². The van der Waals surface area contributed by atoms with Gasteiger partial charge in [0.25, 0.3) is 0 Å². The van der Waals surface area contributed by atoms with Gasteiger partial charge in [-0.05, 0) is 0 Å². The smallest absolute Gasteiger partial charge is 0.423 e. The maximum atomic E-state index is 10.7. The fraction of sp³-hybridized carbons (Fsp3) is 0.167. The van der Waals surface area contributed by atoms with Gasteiger partial charge in [-0.2, -0.15) is 4.57 Å². The van der Waals surface area contributed by atoms with E-state index >= 15 is 0 Å². The van der Waals surface area contributed by atoms with E-state index in [1.807, 2.05) is 0 Å². The van der Waals surface area contributed by atoms with Crippen molar-refractivity contribution >= 4 is 6.09 Å². The standard InChI is InChI=1S/C6H7NO4/c1-11-6(10)7-4(8)2-3-5(7)9/h2-3,8-9H,1H3. The van der Waals surface area contributed by atoms with Crippen LogP contribution in [0.2, 0.25) is 0 Å². The van der Waals surface area contributed by atoms with Crippen LogP contribution in [-0.2, 0) is 4.74 Å². The Kier molecular flexibility index (Phi) is 1.72. The monoisotopic (exact) mass is 157 g/mol. The van der Waals surface area contributed by atoms with E-state index < -0.39 is 6.09 Å². The third-order valence-electron chi connectivity index (χ3n) is 1.20. The van der Waals surface area contributed by atoms with Crippen LogP contribution in [0, 0.1) is 0 Å². The van der Waals surface area contributed by atoms with Crippen LogP contribution in [0.4, 0.5) is 4.79 Å². The molecule has 1 aromatic heterocycles. The number of hydrogen-bond acceptors (Lipinski definition) is 4. The highest BCUT2D eigenvalue weighted by Gasteiger charge is 2.13. The number of methoxy groups -OCH3 is 1. The normalized spacial score (nSPS) is 9.55. The van der Waals surface area contributed by atoms with Crippen LogP contribution < -0.4 is 0 Å². The molecule has 0 aliphatic heterocycles. The molecule has 0 radical (unpaired) electrons. The topological polar surface area (TPSA) is 71.7 Å². The van der Waals surface area contributed by atoms with Gasteiger partial charge in [0, 0.05) is 12.1 Å². The molecule has 0 aromatic carbocycles. The summed E-state index contributed by atoms with van der Waals surface area (Å²) in [6, 6.07) is 2.37. The summed E-state index contributed by atoms with van der Waals surface area (Å²) in [5, 5.41) is 17.9. The molecular formula is C6H7NO4. The average Bonchev–Trinajstić information content (AvgIpc) is 2.30. The van der Waals surface area contributed by atoms with Crippen molar-refractivity contribution in [2.45, 2.75) is 0 Å². The first-order chi connectivity index (χ1) is 5.16. The molecule has 0 aliphatic rings. The molecule has 0 saturated carbocycles. The van der Waals surface area contributed by atoms with E-state index in [1.54, 1.807) is 0 Å². The van der Waals surface area contributed by atoms with E-state index in [4.69, 9.17) is 10.2 Å². The zero-order valence-electron chi connectivity index (χ0n) is 5.81. The van der Waals surface area contributed by atoms with Crippen LogP contribution in [0.25, 0.3) is 0 Å². The third kappa shape index (κ3) is 1.12. The molecule has 1 heterocycles. The molecule has 1 rings (SSSR count). The van der Waals surface area contributed by atoms with E-state index in [1.165, 1.54) is 12.1 Å². The van der Waals surface area contributed by atoms with Crippen LogP contribution in [0.1, 0.15) is 0 Å². The number of nitrogens with zero attached hydrogens (tertiary/aromatic N) is 1. The zero-order chi connectivity index (χ0) is 8.43. The minimum absolute atomic E-state index is 0.352. The SMILES string of the molecule is COC(=O)n1c(O)ccc1O. The second-order valence-corrected chi connectivity index (χ2v) is 1.86. The molecule has 2 N–H and O–H groups in total. The van der Waals surface area contributed by atoms with E-state index in [0.717, 1.165) is 7.11 Å². The molecule has 0 bridgehead atoms. The van der Waals surface area contributed by atoms with E-state index in [9.17, 15) is 4.79 Å². The first-order valence-corrected chi connectivity index (χ1v) is 2.85. The molecule has 0 unspecified atom stereocenters. The lowest BCUT2D eigenvalue weighted by Gasteiger charge is -2.01. The predicted octanol–water partition coefficient (Wildman–Crippen LogP) is 0.514. The van der Waals surface area contributed by atoms with Gasteiger partial charge in [0.2, 0.25) is 11.8 Å². The van der Waals surface area contributed by atoms with Crippen LogP contribution in [0.3, 0.4) is 0 Å². The van der Waals surface area contributed by atoms with Gasteiger partial charge >= 0.3 is 6.09 Å². The largest absolute Gasteiger partial charge is 0.494 e. The van der Waals surface area contributed by atoms with Crippen molar-refractivity contribution in [3.63, 3.8) is 0 Å². The Morgan fingerprint density at radius 1 is 1.45 bits per heavy atom. The molecule has 1 aromatic rings. The summed E-state index contributed by atoms with van der Waals surface area (Å²) in [6.45, 7) is 0.